The summed E-state index contributed by atoms with van der Waals surface area (Å²) in [6.07, 6.45) is 0.128. The molecule has 0 aliphatic carbocycles. The van der Waals surface area contributed by atoms with Gasteiger partial charge in [0.15, 0.2) is 6.10 Å². The molecule has 0 radical (unpaired) electrons. The Morgan fingerprint density at radius 1 is 1.17 bits per heavy atom. The van der Waals surface area contributed by atoms with Crippen LogP contribution < -0.4 is 21.5 Å². The zero-order valence-electron chi connectivity index (χ0n) is 15.9. The molecule has 29 heavy (non-hydrogen) atoms. The fourth-order valence-corrected chi connectivity index (χ4v) is 2.82. The number of nitrogens with zero attached hydrogens (tertiary/aromatic N) is 2. The number of aromatic amines is 1. The molecule has 10 nitrogen and oxygen atoms in total. The minimum atomic E-state index is -1.06. The molecule has 1 aromatic carbocycles. The molecule has 154 valence electrons. The quantitative estimate of drug-likeness (QED) is 0.649. The van der Waals surface area contributed by atoms with E-state index in [-0.39, 0.29) is 0 Å². The van der Waals surface area contributed by atoms with Crippen LogP contribution in [0.4, 0.5) is 11.4 Å². The highest BCUT2D eigenvalue weighted by Gasteiger charge is 2.19. The van der Waals surface area contributed by atoms with Crippen molar-refractivity contribution in [3.05, 3.63) is 57.4 Å². The van der Waals surface area contributed by atoms with Gasteiger partial charge in [-0.25, -0.2) is 4.79 Å². The zero-order valence-corrected chi connectivity index (χ0v) is 15.9. The van der Waals surface area contributed by atoms with Gasteiger partial charge < -0.3 is 19.7 Å². The molecule has 2 aromatic rings. The molecule has 10 heteroatoms. The van der Waals surface area contributed by atoms with Crippen molar-refractivity contribution in [3.63, 3.8) is 0 Å². The van der Waals surface area contributed by atoms with Crippen molar-refractivity contribution < 1.29 is 19.1 Å². The van der Waals surface area contributed by atoms with Gasteiger partial charge in [-0.1, -0.05) is 0 Å². The Bertz CT molecular complexity index is 975. The number of esters is 1. The number of carbonyl (C=O) groups excluding carboxylic acids is 2. The van der Waals surface area contributed by atoms with Gasteiger partial charge in [0, 0.05) is 36.7 Å². The molecule has 1 fully saturated rings. The van der Waals surface area contributed by atoms with Crippen LogP contribution in [0.15, 0.2) is 46.1 Å². The Morgan fingerprint density at radius 3 is 2.52 bits per heavy atom. The molecule has 2 heterocycles. The third kappa shape index (κ3) is 5.55. The lowest BCUT2D eigenvalue weighted by molar-refractivity contribution is -0.153. The standard InChI is InChI=1S/C19H22N4O6/c1-13(29-17(25)12-23-7-6-16(24)21-19(23)27)18(26)20-14-2-4-15(5-3-14)22-8-10-28-11-9-22/h2-7,13H,8-12H2,1H3,(H,20,26)(H,21,24,27)/t13-/m0/s1. The first-order chi connectivity index (χ1) is 13.9. The van der Waals surface area contributed by atoms with Gasteiger partial charge in [-0.15, -0.1) is 0 Å². The van der Waals surface area contributed by atoms with Gasteiger partial charge in [-0.05, 0) is 31.2 Å². The molecule has 2 N–H and O–H groups in total. The summed E-state index contributed by atoms with van der Waals surface area (Å²) in [6.45, 7) is 4.03. The fraction of sp³-hybridized carbons (Fsp3) is 0.368. The lowest BCUT2D eigenvalue weighted by Gasteiger charge is -2.28. The summed E-state index contributed by atoms with van der Waals surface area (Å²) in [5, 5.41) is 2.68. The first-order valence-electron chi connectivity index (χ1n) is 9.15. The molecule has 1 saturated heterocycles. The third-order valence-electron chi connectivity index (χ3n) is 4.38. The zero-order chi connectivity index (χ0) is 20.8. The van der Waals surface area contributed by atoms with Crippen LogP contribution in [-0.2, 0) is 25.6 Å². The molecule has 1 aliphatic rings. The van der Waals surface area contributed by atoms with Crippen LogP contribution in [0.2, 0.25) is 0 Å². The van der Waals surface area contributed by atoms with E-state index in [1.165, 1.54) is 13.1 Å². The highest BCUT2D eigenvalue weighted by molar-refractivity contribution is 5.95. The van der Waals surface area contributed by atoms with Crippen LogP contribution in [0.25, 0.3) is 0 Å². The summed E-state index contributed by atoms with van der Waals surface area (Å²) in [4.78, 5) is 51.1. The van der Waals surface area contributed by atoms with Gasteiger partial charge in [0.05, 0.1) is 13.2 Å². The summed E-state index contributed by atoms with van der Waals surface area (Å²) in [7, 11) is 0. The second-order valence-corrected chi connectivity index (χ2v) is 6.51. The van der Waals surface area contributed by atoms with Crippen molar-refractivity contribution in [1.82, 2.24) is 9.55 Å². The van der Waals surface area contributed by atoms with E-state index in [2.05, 4.69) is 10.2 Å². The average Bonchev–Trinajstić information content (AvgIpc) is 2.71. The number of aromatic nitrogens is 2. The number of hydrogen-bond acceptors (Lipinski definition) is 7. The Kier molecular flexibility index (Phi) is 6.45. The lowest BCUT2D eigenvalue weighted by atomic mass is 10.2. The minimum Gasteiger partial charge on any atom is -0.451 e. The Morgan fingerprint density at radius 2 is 1.86 bits per heavy atom. The number of nitrogens with one attached hydrogen (secondary N) is 2. The van der Waals surface area contributed by atoms with Gasteiger partial charge in [-0.2, -0.15) is 0 Å². The summed E-state index contributed by atoms with van der Waals surface area (Å²) in [5.74, 6) is -1.27. The normalized spacial score (nSPS) is 14.9. The van der Waals surface area contributed by atoms with E-state index in [4.69, 9.17) is 9.47 Å². The van der Waals surface area contributed by atoms with Crippen LogP contribution in [0, 0.1) is 0 Å². The molecule has 1 amide bonds. The summed E-state index contributed by atoms with van der Waals surface area (Å²) in [6, 6.07) is 8.47. The Balaban J connectivity index is 1.52. The summed E-state index contributed by atoms with van der Waals surface area (Å²) >= 11 is 0. The van der Waals surface area contributed by atoms with Crippen LogP contribution >= 0.6 is 0 Å². The Labute approximate surface area is 166 Å². The van der Waals surface area contributed by atoms with Gasteiger partial charge in [-0.3, -0.25) is 23.9 Å². The average molecular weight is 402 g/mol. The maximum absolute atomic E-state index is 12.3. The molecule has 0 unspecified atom stereocenters. The van der Waals surface area contributed by atoms with Crippen LogP contribution in [-0.4, -0.2) is 53.8 Å². The third-order valence-corrected chi connectivity index (χ3v) is 4.38. The van der Waals surface area contributed by atoms with Gasteiger partial charge in [0.25, 0.3) is 11.5 Å². The molecular formula is C19H22N4O6. The number of H-pyrrole nitrogens is 1. The van der Waals surface area contributed by atoms with Crippen LogP contribution in [0.1, 0.15) is 6.92 Å². The minimum absolute atomic E-state index is 0.415. The van der Waals surface area contributed by atoms with Gasteiger partial charge in [0.2, 0.25) is 0 Å². The van der Waals surface area contributed by atoms with Gasteiger partial charge >= 0.3 is 11.7 Å². The molecule has 0 bridgehead atoms. The highest BCUT2D eigenvalue weighted by atomic mass is 16.5. The van der Waals surface area contributed by atoms with E-state index >= 15 is 0 Å². The molecule has 3 rings (SSSR count). The van der Waals surface area contributed by atoms with E-state index in [1.54, 1.807) is 12.1 Å². The second-order valence-electron chi connectivity index (χ2n) is 6.51. The van der Waals surface area contributed by atoms with Crippen molar-refractivity contribution in [2.24, 2.45) is 0 Å². The molecule has 1 atom stereocenters. The SMILES string of the molecule is C[C@H](OC(=O)Cn1ccc(=O)[nH]c1=O)C(=O)Nc1ccc(N2CCOCC2)cc1. The predicted octanol–water partition coefficient (Wildman–Crippen LogP) is -0.0564. The van der Waals surface area contributed by atoms with Crippen molar-refractivity contribution in [3.8, 4) is 0 Å². The fourth-order valence-electron chi connectivity index (χ4n) is 2.82. The predicted molar refractivity (Wildman–Crippen MR) is 105 cm³/mol. The largest absolute Gasteiger partial charge is 0.451 e. The first kappa shape index (κ1) is 20.3. The van der Waals surface area contributed by atoms with Crippen LogP contribution in [0.3, 0.4) is 0 Å². The molecule has 0 saturated carbocycles. The van der Waals surface area contributed by atoms with E-state index in [0.29, 0.717) is 18.9 Å². The Hall–Kier alpha value is -3.40. The monoisotopic (exact) mass is 402 g/mol. The molecule has 1 aromatic heterocycles. The van der Waals surface area contributed by atoms with Crippen molar-refractivity contribution >= 4 is 23.3 Å². The smallest absolute Gasteiger partial charge is 0.328 e. The number of benzene rings is 1. The molecule has 0 spiro atoms. The van der Waals surface area contributed by atoms with E-state index in [9.17, 15) is 19.2 Å². The number of hydrogen-bond donors (Lipinski definition) is 2. The number of rotatable bonds is 6. The number of amides is 1. The van der Waals surface area contributed by atoms with Crippen molar-refractivity contribution in [2.45, 2.75) is 19.6 Å². The lowest BCUT2D eigenvalue weighted by Crippen LogP contribution is -2.36. The molecular weight excluding hydrogens is 380 g/mol. The van der Waals surface area contributed by atoms with E-state index in [1.807, 2.05) is 17.1 Å². The number of carbonyl (C=O) groups is 2. The summed E-state index contributed by atoms with van der Waals surface area (Å²) < 4.78 is 11.4. The van der Waals surface area contributed by atoms with Crippen molar-refractivity contribution in [2.75, 3.05) is 36.5 Å². The second kappa shape index (κ2) is 9.20. The number of morpholine rings is 1. The number of anilines is 2. The first-order valence-corrected chi connectivity index (χ1v) is 9.15. The van der Waals surface area contributed by atoms with Gasteiger partial charge in [0.1, 0.15) is 6.54 Å². The van der Waals surface area contributed by atoms with E-state index < -0.39 is 35.8 Å². The number of ether oxygens (including phenoxy) is 2. The maximum Gasteiger partial charge on any atom is 0.328 e. The van der Waals surface area contributed by atoms with Crippen molar-refractivity contribution in [1.29, 1.82) is 0 Å². The topological polar surface area (TPSA) is 123 Å². The summed E-state index contributed by atoms with van der Waals surface area (Å²) in [5.41, 5.74) is 0.322. The molecule has 1 aliphatic heterocycles. The maximum atomic E-state index is 12.3. The van der Waals surface area contributed by atoms with E-state index in [0.717, 1.165) is 29.4 Å². The van der Waals surface area contributed by atoms with Crippen LogP contribution in [0.5, 0.6) is 0 Å². The highest BCUT2D eigenvalue weighted by Crippen LogP contribution is 2.19.